The number of sulfonamides is 1. The van der Waals surface area contributed by atoms with Gasteiger partial charge in [-0.1, -0.05) is 83.4 Å². The number of rotatable bonds is 9. The summed E-state index contributed by atoms with van der Waals surface area (Å²) in [4.78, 5) is 7.20. The Morgan fingerprint density at radius 1 is 0.837 bits per heavy atom. The Morgan fingerprint density at radius 3 is 2.05 bits per heavy atom. The number of hydrogen-bond acceptors (Lipinski definition) is 2. The van der Waals surface area contributed by atoms with Crippen LogP contribution in [0, 0.1) is 12.8 Å². The lowest BCUT2D eigenvalue weighted by molar-refractivity contribution is 0.524. The molecule has 0 bridgehead atoms. The van der Waals surface area contributed by atoms with Crippen molar-refractivity contribution in [2.24, 2.45) is 5.92 Å². The normalized spacial score (nSPS) is 18.6. The van der Waals surface area contributed by atoms with Crippen LogP contribution in [0.4, 0.5) is 0 Å². The summed E-state index contributed by atoms with van der Waals surface area (Å²) in [5.74, 6) is 0.272. The SMILES string of the molecule is Cc1ccc(S(=O)(=O)NCC2(c3ccc(Cl)c(Cl)c3)CC2CC(c2c[nH]c3ccccc23)c2c[nH]c3ccccc23)cc1. The van der Waals surface area contributed by atoms with E-state index in [4.69, 9.17) is 23.2 Å². The summed E-state index contributed by atoms with van der Waals surface area (Å²) in [5, 5.41) is 3.33. The van der Waals surface area contributed by atoms with E-state index in [1.54, 1.807) is 12.1 Å². The molecule has 4 aromatic carbocycles. The molecule has 0 amide bonds. The lowest BCUT2D eigenvalue weighted by Crippen LogP contribution is -2.33. The number of aromatic nitrogens is 2. The van der Waals surface area contributed by atoms with E-state index in [0.29, 0.717) is 10.0 Å². The van der Waals surface area contributed by atoms with Gasteiger partial charge in [-0.15, -0.1) is 0 Å². The van der Waals surface area contributed by atoms with Gasteiger partial charge in [0.05, 0.1) is 14.9 Å². The molecule has 6 aromatic rings. The van der Waals surface area contributed by atoms with Crippen molar-refractivity contribution in [2.45, 2.75) is 36.0 Å². The fourth-order valence-electron chi connectivity index (χ4n) is 6.66. The molecule has 0 aliphatic heterocycles. The molecule has 0 radical (unpaired) electrons. The molecule has 2 atom stereocenters. The lowest BCUT2D eigenvalue weighted by atomic mass is 9.83. The third-order valence-corrected chi connectivity index (χ3v) is 11.3. The standard InChI is InChI=1S/C35H31Cl2N3O2S/c1-22-10-13-25(14-11-22)43(41,42)40-21-35(23-12-15-31(36)32(37)17-23)18-24(35)16-28(29-19-38-33-8-4-2-6-26(29)33)30-20-39-34-9-5-3-7-27(30)34/h2-15,17,19-20,24,28,38-40H,16,18,21H2,1H3. The first kappa shape index (κ1) is 28.2. The average Bonchev–Trinajstić information content (AvgIpc) is 3.32. The third kappa shape index (κ3) is 5.17. The van der Waals surface area contributed by atoms with Crippen molar-refractivity contribution in [3.05, 3.63) is 136 Å². The molecule has 1 saturated carbocycles. The van der Waals surface area contributed by atoms with Gasteiger partial charge in [-0.3, -0.25) is 0 Å². The first-order valence-electron chi connectivity index (χ1n) is 14.4. The molecule has 1 fully saturated rings. The monoisotopic (exact) mass is 627 g/mol. The van der Waals surface area contributed by atoms with Gasteiger partial charge in [0, 0.05) is 52.1 Å². The number of fused-ring (bicyclic) bond motifs is 2. The number of benzene rings is 4. The fourth-order valence-corrected chi connectivity index (χ4v) is 8.07. The minimum absolute atomic E-state index is 0.0793. The van der Waals surface area contributed by atoms with Gasteiger partial charge in [0.2, 0.25) is 10.0 Å². The Morgan fingerprint density at radius 2 is 1.44 bits per heavy atom. The van der Waals surface area contributed by atoms with Crippen molar-refractivity contribution in [3.8, 4) is 0 Å². The zero-order valence-electron chi connectivity index (χ0n) is 23.6. The van der Waals surface area contributed by atoms with Gasteiger partial charge in [0.1, 0.15) is 0 Å². The van der Waals surface area contributed by atoms with Crippen molar-refractivity contribution in [2.75, 3.05) is 6.54 Å². The van der Waals surface area contributed by atoms with Crippen molar-refractivity contribution in [1.82, 2.24) is 14.7 Å². The molecular weight excluding hydrogens is 597 g/mol. The number of para-hydroxylation sites is 2. The minimum atomic E-state index is -3.71. The van der Waals surface area contributed by atoms with E-state index in [1.165, 1.54) is 21.9 Å². The van der Waals surface area contributed by atoms with Crippen LogP contribution in [-0.2, 0) is 15.4 Å². The Bertz CT molecular complexity index is 1990. The largest absolute Gasteiger partial charge is 0.361 e. The number of aryl methyl sites for hydroxylation is 1. The molecule has 2 aromatic heterocycles. The number of nitrogens with one attached hydrogen (secondary N) is 3. The van der Waals surface area contributed by atoms with Crippen LogP contribution in [0.5, 0.6) is 0 Å². The first-order chi connectivity index (χ1) is 20.7. The summed E-state index contributed by atoms with van der Waals surface area (Å²) in [6.07, 6.45) is 5.90. The maximum absolute atomic E-state index is 13.4. The molecule has 2 unspecified atom stereocenters. The lowest BCUT2D eigenvalue weighted by Gasteiger charge is -2.23. The van der Waals surface area contributed by atoms with Crippen LogP contribution in [-0.4, -0.2) is 24.9 Å². The highest BCUT2D eigenvalue weighted by atomic mass is 35.5. The molecule has 0 spiro atoms. The van der Waals surface area contributed by atoms with Gasteiger partial charge < -0.3 is 9.97 Å². The highest BCUT2D eigenvalue weighted by Crippen LogP contribution is 2.59. The third-order valence-electron chi connectivity index (χ3n) is 9.15. The van der Waals surface area contributed by atoms with E-state index < -0.39 is 15.4 Å². The van der Waals surface area contributed by atoms with Crippen molar-refractivity contribution < 1.29 is 8.42 Å². The Labute approximate surface area is 261 Å². The Balaban J connectivity index is 1.28. The summed E-state index contributed by atoms with van der Waals surface area (Å²) in [5.41, 5.74) is 6.23. The second kappa shape index (κ2) is 10.9. The molecule has 5 nitrogen and oxygen atoms in total. The van der Waals surface area contributed by atoms with Gasteiger partial charge in [-0.05, 0) is 78.8 Å². The number of halogens is 2. The van der Waals surface area contributed by atoms with Crippen LogP contribution < -0.4 is 4.72 Å². The average molecular weight is 629 g/mol. The molecule has 0 saturated heterocycles. The predicted molar refractivity (Wildman–Crippen MR) is 176 cm³/mol. The van der Waals surface area contributed by atoms with Crippen molar-refractivity contribution in [1.29, 1.82) is 0 Å². The summed E-state index contributed by atoms with van der Waals surface area (Å²) in [7, 11) is -3.71. The number of aromatic amines is 2. The van der Waals surface area contributed by atoms with Gasteiger partial charge in [-0.25, -0.2) is 13.1 Å². The molecule has 8 heteroatoms. The Hall–Kier alpha value is -3.55. The van der Waals surface area contributed by atoms with Crippen LogP contribution in [0.2, 0.25) is 10.0 Å². The molecule has 3 N–H and O–H groups in total. The minimum Gasteiger partial charge on any atom is -0.361 e. The van der Waals surface area contributed by atoms with Gasteiger partial charge in [0.15, 0.2) is 0 Å². The highest BCUT2D eigenvalue weighted by Gasteiger charge is 2.56. The van der Waals surface area contributed by atoms with E-state index in [2.05, 4.69) is 63.5 Å². The van der Waals surface area contributed by atoms with Crippen LogP contribution >= 0.6 is 23.2 Å². The number of H-pyrrole nitrogens is 2. The second-order valence-corrected chi connectivity index (χ2v) is 14.3. The van der Waals surface area contributed by atoms with Crippen LogP contribution in [0.1, 0.15) is 41.0 Å². The van der Waals surface area contributed by atoms with E-state index in [1.807, 2.05) is 49.4 Å². The topological polar surface area (TPSA) is 77.8 Å². The van der Waals surface area contributed by atoms with E-state index in [-0.39, 0.29) is 23.3 Å². The Kier molecular flexibility index (Phi) is 7.13. The maximum Gasteiger partial charge on any atom is 0.240 e. The maximum atomic E-state index is 13.4. The zero-order valence-corrected chi connectivity index (χ0v) is 25.9. The van der Waals surface area contributed by atoms with E-state index in [0.717, 1.165) is 35.0 Å². The molecular formula is C35H31Cl2N3O2S. The predicted octanol–water partition coefficient (Wildman–Crippen LogP) is 8.72. The molecule has 2 heterocycles. The second-order valence-electron chi connectivity index (χ2n) is 11.7. The number of hydrogen-bond donors (Lipinski definition) is 3. The molecule has 1 aliphatic rings. The highest BCUT2D eigenvalue weighted by molar-refractivity contribution is 7.89. The summed E-state index contributed by atoms with van der Waals surface area (Å²) < 4.78 is 29.7. The molecule has 1 aliphatic carbocycles. The summed E-state index contributed by atoms with van der Waals surface area (Å²) in [6, 6.07) is 29.4. The smallest absolute Gasteiger partial charge is 0.240 e. The zero-order chi connectivity index (χ0) is 29.8. The van der Waals surface area contributed by atoms with Crippen molar-refractivity contribution >= 4 is 55.0 Å². The molecule has 218 valence electrons. The van der Waals surface area contributed by atoms with Crippen molar-refractivity contribution in [3.63, 3.8) is 0 Å². The van der Waals surface area contributed by atoms with Crippen LogP contribution in [0.25, 0.3) is 21.8 Å². The first-order valence-corrected chi connectivity index (χ1v) is 16.6. The van der Waals surface area contributed by atoms with E-state index >= 15 is 0 Å². The van der Waals surface area contributed by atoms with Gasteiger partial charge in [0.25, 0.3) is 0 Å². The molecule has 43 heavy (non-hydrogen) atoms. The quantitative estimate of drug-likeness (QED) is 0.150. The molecule has 7 rings (SSSR count). The van der Waals surface area contributed by atoms with Gasteiger partial charge in [-0.2, -0.15) is 0 Å². The van der Waals surface area contributed by atoms with Crippen LogP contribution in [0.15, 0.2) is 108 Å². The summed E-state index contributed by atoms with van der Waals surface area (Å²) >= 11 is 12.8. The fraction of sp³-hybridized carbons (Fsp3) is 0.200. The summed E-state index contributed by atoms with van der Waals surface area (Å²) in [6.45, 7) is 2.20. The van der Waals surface area contributed by atoms with Crippen LogP contribution in [0.3, 0.4) is 0 Å². The van der Waals surface area contributed by atoms with E-state index in [9.17, 15) is 8.42 Å². The van der Waals surface area contributed by atoms with Gasteiger partial charge >= 0.3 is 0 Å².